The van der Waals surface area contributed by atoms with Crippen LogP contribution >= 0.6 is 23.2 Å². The summed E-state index contributed by atoms with van der Waals surface area (Å²) in [6.07, 6.45) is 0. The molecule has 0 bridgehead atoms. The van der Waals surface area contributed by atoms with E-state index in [1.807, 2.05) is 37.3 Å². The second-order valence-electron chi connectivity index (χ2n) is 6.29. The molecular weight excluding hydrogens is 395 g/mol. The van der Waals surface area contributed by atoms with Crippen molar-refractivity contribution in [3.05, 3.63) is 69.7 Å². The molecule has 0 amide bonds. The Morgan fingerprint density at radius 3 is 2.50 bits per heavy atom. The van der Waals surface area contributed by atoms with Crippen LogP contribution in [0.15, 0.2) is 48.5 Å². The molecule has 1 N–H and O–H groups in total. The lowest BCUT2D eigenvalue weighted by atomic mass is 10.0. The number of hydroxylamine groups is 2. The summed E-state index contributed by atoms with van der Waals surface area (Å²) in [5.41, 5.74) is 1.64. The minimum absolute atomic E-state index is 0.0677. The van der Waals surface area contributed by atoms with Crippen molar-refractivity contribution in [3.8, 4) is 0 Å². The molecule has 1 fully saturated rings. The highest BCUT2D eigenvalue weighted by Gasteiger charge is 2.43. The second kappa shape index (κ2) is 7.84. The van der Waals surface area contributed by atoms with Gasteiger partial charge in [0.15, 0.2) is 0 Å². The summed E-state index contributed by atoms with van der Waals surface area (Å²) >= 11 is 12.1. The molecule has 140 valence electrons. The van der Waals surface area contributed by atoms with Crippen molar-refractivity contribution < 1.29 is 13.3 Å². The van der Waals surface area contributed by atoms with Crippen molar-refractivity contribution in [2.75, 3.05) is 13.7 Å². The van der Waals surface area contributed by atoms with E-state index in [4.69, 9.17) is 28.0 Å². The van der Waals surface area contributed by atoms with E-state index < -0.39 is 21.3 Å². The van der Waals surface area contributed by atoms with Crippen LogP contribution in [0.1, 0.15) is 30.1 Å². The van der Waals surface area contributed by atoms with Gasteiger partial charge in [-0.3, -0.25) is 4.84 Å². The Hall–Kier alpha value is -1.15. The lowest BCUT2D eigenvalue weighted by molar-refractivity contribution is -0.110. The zero-order valence-electron chi connectivity index (χ0n) is 14.4. The van der Waals surface area contributed by atoms with Gasteiger partial charge in [-0.1, -0.05) is 59.6 Å². The Kier molecular flexibility index (Phi) is 5.91. The number of halogens is 2. The SMILES string of the molecule is CC(NS(=O)(=O)C1CON(C)C1c1ccc(Cl)c(Cl)c1)c1ccccc1. The molecule has 2 aromatic rings. The van der Waals surface area contributed by atoms with Crippen LogP contribution in [0.2, 0.25) is 10.0 Å². The quantitative estimate of drug-likeness (QED) is 0.803. The fourth-order valence-corrected chi connectivity index (χ4v) is 5.14. The van der Waals surface area contributed by atoms with E-state index in [1.54, 1.807) is 30.3 Å². The summed E-state index contributed by atoms with van der Waals surface area (Å²) < 4.78 is 28.8. The van der Waals surface area contributed by atoms with E-state index in [2.05, 4.69) is 4.72 Å². The third-order valence-electron chi connectivity index (χ3n) is 4.51. The van der Waals surface area contributed by atoms with Gasteiger partial charge in [-0.25, -0.2) is 13.1 Å². The van der Waals surface area contributed by atoms with Crippen LogP contribution in [0.3, 0.4) is 0 Å². The number of benzene rings is 2. The Bertz CT molecular complexity index is 877. The summed E-state index contributed by atoms with van der Waals surface area (Å²) in [4.78, 5) is 5.51. The van der Waals surface area contributed by atoms with E-state index in [0.29, 0.717) is 10.0 Å². The molecule has 8 heteroatoms. The van der Waals surface area contributed by atoms with Gasteiger partial charge in [-0.15, -0.1) is 0 Å². The second-order valence-corrected chi connectivity index (χ2v) is 9.04. The van der Waals surface area contributed by atoms with Crippen molar-refractivity contribution in [1.82, 2.24) is 9.79 Å². The molecule has 5 nitrogen and oxygen atoms in total. The summed E-state index contributed by atoms with van der Waals surface area (Å²) in [6, 6.07) is 13.7. The number of hydrogen-bond acceptors (Lipinski definition) is 4. The number of nitrogens with zero attached hydrogens (tertiary/aromatic N) is 1. The minimum atomic E-state index is -3.65. The molecule has 1 heterocycles. The molecule has 0 saturated carbocycles. The summed E-state index contributed by atoms with van der Waals surface area (Å²) in [6.45, 7) is 1.89. The molecule has 0 aliphatic carbocycles. The average molecular weight is 415 g/mol. The molecule has 0 spiro atoms. The van der Waals surface area contributed by atoms with Crippen LogP contribution < -0.4 is 4.72 Å². The number of sulfonamides is 1. The van der Waals surface area contributed by atoms with Gasteiger partial charge in [0.05, 0.1) is 22.7 Å². The van der Waals surface area contributed by atoms with Gasteiger partial charge >= 0.3 is 0 Å². The Morgan fingerprint density at radius 1 is 1.15 bits per heavy atom. The highest BCUT2D eigenvalue weighted by atomic mass is 35.5. The fraction of sp³-hybridized carbons (Fsp3) is 0.333. The van der Waals surface area contributed by atoms with E-state index in [-0.39, 0.29) is 12.6 Å². The molecule has 26 heavy (non-hydrogen) atoms. The van der Waals surface area contributed by atoms with Crippen LogP contribution in [-0.2, 0) is 14.9 Å². The summed E-state index contributed by atoms with van der Waals surface area (Å²) in [5.74, 6) is 0. The van der Waals surface area contributed by atoms with E-state index in [9.17, 15) is 8.42 Å². The highest BCUT2D eigenvalue weighted by Crippen LogP contribution is 2.36. The average Bonchev–Trinajstić information content (AvgIpc) is 3.00. The maximum absolute atomic E-state index is 13.0. The van der Waals surface area contributed by atoms with E-state index in [1.165, 1.54) is 0 Å². The zero-order chi connectivity index (χ0) is 18.9. The van der Waals surface area contributed by atoms with Gasteiger partial charge in [0.2, 0.25) is 10.0 Å². The van der Waals surface area contributed by atoms with Crippen molar-refractivity contribution in [2.24, 2.45) is 0 Å². The summed E-state index contributed by atoms with van der Waals surface area (Å²) in [5, 5.41) is 1.59. The molecule has 3 atom stereocenters. The maximum atomic E-state index is 13.0. The highest BCUT2D eigenvalue weighted by molar-refractivity contribution is 7.90. The van der Waals surface area contributed by atoms with Gasteiger partial charge in [-0.2, -0.15) is 5.06 Å². The van der Waals surface area contributed by atoms with Crippen molar-refractivity contribution in [2.45, 2.75) is 24.3 Å². The fourth-order valence-electron chi connectivity index (χ4n) is 3.12. The lowest BCUT2D eigenvalue weighted by Gasteiger charge is -2.25. The minimum Gasteiger partial charge on any atom is -0.297 e. The number of nitrogens with one attached hydrogen (secondary N) is 1. The van der Waals surface area contributed by atoms with Gasteiger partial charge in [0, 0.05) is 13.1 Å². The van der Waals surface area contributed by atoms with Gasteiger partial charge in [0.1, 0.15) is 5.25 Å². The van der Waals surface area contributed by atoms with Crippen LogP contribution in [-0.4, -0.2) is 32.4 Å². The molecule has 0 aromatic heterocycles. The summed E-state index contributed by atoms with van der Waals surface area (Å²) in [7, 11) is -1.94. The normalized spacial score (nSPS) is 22.5. The van der Waals surface area contributed by atoms with Crippen LogP contribution in [0.5, 0.6) is 0 Å². The topological polar surface area (TPSA) is 58.6 Å². The molecule has 1 saturated heterocycles. The Labute approximate surface area is 163 Å². The number of rotatable bonds is 5. The smallest absolute Gasteiger partial charge is 0.219 e. The van der Waals surface area contributed by atoms with E-state index >= 15 is 0 Å². The standard InChI is InChI=1S/C18H20Cl2N2O3S/c1-12(13-6-4-3-5-7-13)21-26(23,24)17-11-25-22(2)18(17)14-8-9-15(19)16(20)10-14/h3-10,12,17-18,21H,11H2,1-2H3. The molecule has 1 aliphatic heterocycles. The monoisotopic (exact) mass is 414 g/mol. The largest absolute Gasteiger partial charge is 0.297 e. The van der Waals surface area contributed by atoms with E-state index in [0.717, 1.165) is 11.1 Å². The first-order valence-corrected chi connectivity index (χ1v) is 10.5. The van der Waals surface area contributed by atoms with Gasteiger partial charge in [-0.05, 0) is 30.2 Å². The van der Waals surface area contributed by atoms with Gasteiger partial charge < -0.3 is 0 Å². The third-order valence-corrected chi connectivity index (χ3v) is 7.12. The zero-order valence-corrected chi connectivity index (χ0v) is 16.7. The predicted octanol–water partition coefficient (Wildman–Crippen LogP) is 3.96. The first-order valence-electron chi connectivity index (χ1n) is 8.16. The Balaban J connectivity index is 1.86. The van der Waals surface area contributed by atoms with Gasteiger partial charge in [0.25, 0.3) is 0 Å². The van der Waals surface area contributed by atoms with Crippen LogP contribution in [0, 0.1) is 0 Å². The molecule has 0 radical (unpaired) electrons. The molecule has 1 aliphatic rings. The predicted molar refractivity (Wildman–Crippen MR) is 104 cm³/mol. The molecule has 3 unspecified atom stereocenters. The molecular formula is C18H20Cl2N2O3S. The van der Waals surface area contributed by atoms with Crippen molar-refractivity contribution >= 4 is 33.2 Å². The van der Waals surface area contributed by atoms with Crippen LogP contribution in [0.25, 0.3) is 0 Å². The molecule has 2 aromatic carbocycles. The first kappa shape index (κ1) is 19.6. The maximum Gasteiger partial charge on any atom is 0.219 e. The Morgan fingerprint density at radius 2 is 1.85 bits per heavy atom. The van der Waals surface area contributed by atoms with Crippen molar-refractivity contribution in [3.63, 3.8) is 0 Å². The van der Waals surface area contributed by atoms with Crippen LogP contribution in [0.4, 0.5) is 0 Å². The molecule has 3 rings (SSSR count). The lowest BCUT2D eigenvalue weighted by Crippen LogP contribution is -2.40. The van der Waals surface area contributed by atoms with Crippen molar-refractivity contribution in [1.29, 1.82) is 0 Å². The first-order chi connectivity index (χ1) is 12.3. The third kappa shape index (κ3) is 4.06. The number of hydrogen-bond donors (Lipinski definition) is 1.